The number of aryl methyl sites for hydroxylation is 2. The van der Waals surface area contributed by atoms with E-state index in [4.69, 9.17) is 9.47 Å². The van der Waals surface area contributed by atoms with Crippen LogP contribution in [0.3, 0.4) is 0 Å². The second kappa shape index (κ2) is 9.44. The second-order valence-electron chi connectivity index (χ2n) is 7.61. The number of esters is 2. The number of ketones is 1. The first-order valence-electron chi connectivity index (χ1n) is 10.4. The minimum absolute atomic E-state index is 0.313. The number of hydrogen-bond donors (Lipinski definition) is 0. The Hall–Kier alpha value is -4.32. The van der Waals surface area contributed by atoms with Crippen LogP contribution in [-0.2, 0) is 4.74 Å². The van der Waals surface area contributed by atoms with Gasteiger partial charge >= 0.3 is 11.9 Å². The second-order valence-corrected chi connectivity index (χ2v) is 7.61. The third kappa shape index (κ3) is 5.13. The molecule has 0 radical (unpaired) electrons. The Labute approximate surface area is 190 Å². The topological polar surface area (TPSA) is 82.6 Å². The zero-order valence-electron chi connectivity index (χ0n) is 18.2. The van der Waals surface area contributed by atoms with Crippen LogP contribution in [-0.4, -0.2) is 29.3 Å². The van der Waals surface area contributed by atoms with E-state index in [0.717, 1.165) is 5.56 Å². The van der Waals surface area contributed by atoms with Crippen molar-refractivity contribution in [1.82, 2.24) is 4.98 Å². The lowest BCUT2D eigenvalue weighted by Crippen LogP contribution is -2.15. The number of nitrogens with zero attached hydrogens (tertiary/aromatic N) is 1. The molecule has 0 atom stereocenters. The van der Waals surface area contributed by atoms with E-state index in [1.54, 1.807) is 31.2 Å². The van der Waals surface area contributed by atoms with Crippen LogP contribution >= 0.6 is 0 Å². The van der Waals surface area contributed by atoms with Gasteiger partial charge in [-0.3, -0.25) is 9.78 Å². The summed E-state index contributed by atoms with van der Waals surface area (Å²) in [6, 6.07) is 22.1. The molecule has 164 valence electrons. The van der Waals surface area contributed by atoms with Gasteiger partial charge in [-0.25, -0.2) is 9.59 Å². The van der Waals surface area contributed by atoms with Crippen LogP contribution < -0.4 is 4.74 Å². The Morgan fingerprint density at radius 2 is 1.45 bits per heavy atom. The van der Waals surface area contributed by atoms with Crippen molar-refractivity contribution in [1.29, 1.82) is 0 Å². The van der Waals surface area contributed by atoms with Crippen molar-refractivity contribution in [2.24, 2.45) is 0 Å². The first-order valence-corrected chi connectivity index (χ1v) is 10.4. The molecule has 0 fully saturated rings. The van der Waals surface area contributed by atoms with Crippen LogP contribution in [0.15, 0.2) is 78.9 Å². The first-order chi connectivity index (χ1) is 15.9. The lowest BCUT2D eigenvalue weighted by Gasteiger charge is -2.09. The molecule has 0 spiro atoms. The summed E-state index contributed by atoms with van der Waals surface area (Å²) in [6.07, 6.45) is 0. The van der Waals surface area contributed by atoms with Crippen LogP contribution in [0.5, 0.6) is 5.75 Å². The molecular formula is C27H21NO5. The monoisotopic (exact) mass is 439 g/mol. The molecular weight excluding hydrogens is 418 g/mol. The third-order valence-electron chi connectivity index (χ3n) is 5.07. The molecule has 0 aliphatic carbocycles. The molecule has 4 aromatic rings. The lowest BCUT2D eigenvalue weighted by molar-refractivity contribution is 0.0476. The molecule has 0 saturated heterocycles. The van der Waals surface area contributed by atoms with Gasteiger partial charge in [-0.2, -0.15) is 0 Å². The highest BCUT2D eigenvalue weighted by atomic mass is 16.5. The summed E-state index contributed by atoms with van der Waals surface area (Å²) in [7, 11) is 0. The van der Waals surface area contributed by atoms with E-state index in [1.807, 2.05) is 37.3 Å². The highest BCUT2D eigenvalue weighted by molar-refractivity contribution is 6.05. The zero-order chi connectivity index (χ0) is 23.4. The molecule has 0 N–H and O–H groups in total. The van der Waals surface area contributed by atoms with E-state index < -0.39 is 18.5 Å². The quantitative estimate of drug-likeness (QED) is 0.236. The van der Waals surface area contributed by atoms with Gasteiger partial charge in [0.2, 0.25) is 0 Å². The molecule has 0 amide bonds. The predicted octanol–water partition coefficient (Wildman–Crippen LogP) is 5.11. The fourth-order valence-corrected chi connectivity index (χ4v) is 3.33. The SMILES string of the molecule is Cc1ccc(C(=O)Oc2ccc(C(=O)COC(=O)c3cc(C)nc4ccccc34)cc2)cc1. The van der Waals surface area contributed by atoms with Gasteiger partial charge in [0.15, 0.2) is 12.4 Å². The van der Waals surface area contributed by atoms with Crippen molar-refractivity contribution in [3.63, 3.8) is 0 Å². The van der Waals surface area contributed by atoms with Crippen molar-refractivity contribution < 1.29 is 23.9 Å². The molecule has 1 heterocycles. The van der Waals surface area contributed by atoms with Gasteiger partial charge in [0.05, 0.1) is 16.6 Å². The molecule has 0 aliphatic rings. The van der Waals surface area contributed by atoms with Crippen LogP contribution in [0.25, 0.3) is 10.9 Å². The Morgan fingerprint density at radius 3 is 2.18 bits per heavy atom. The normalized spacial score (nSPS) is 10.6. The number of carbonyl (C=O) groups is 3. The summed E-state index contributed by atoms with van der Waals surface area (Å²) in [6.45, 7) is 3.32. The first kappa shape index (κ1) is 21.9. The number of ether oxygens (including phenoxy) is 2. The number of hydrogen-bond acceptors (Lipinski definition) is 6. The summed E-state index contributed by atoms with van der Waals surface area (Å²) in [5.74, 6) is -1.13. The van der Waals surface area contributed by atoms with Crippen LogP contribution in [0.2, 0.25) is 0 Å². The van der Waals surface area contributed by atoms with Crippen molar-refractivity contribution in [3.8, 4) is 5.75 Å². The maximum Gasteiger partial charge on any atom is 0.343 e. The molecule has 0 saturated carbocycles. The van der Waals surface area contributed by atoms with Gasteiger partial charge in [0, 0.05) is 16.6 Å². The fourth-order valence-electron chi connectivity index (χ4n) is 3.33. The number of Topliss-reactive ketones (excluding diaryl/α,β-unsaturated/α-hetero) is 1. The third-order valence-corrected chi connectivity index (χ3v) is 5.07. The van der Waals surface area contributed by atoms with Gasteiger partial charge in [-0.05, 0) is 62.4 Å². The highest BCUT2D eigenvalue weighted by Crippen LogP contribution is 2.20. The Kier molecular flexibility index (Phi) is 6.26. The van der Waals surface area contributed by atoms with Crippen molar-refractivity contribution in [2.45, 2.75) is 13.8 Å². The van der Waals surface area contributed by atoms with Crippen molar-refractivity contribution >= 4 is 28.6 Å². The van der Waals surface area contributed by atoms with Gasteiger partial charge in [0.1, 0.15) is 5.75 Å². The summed E-state index contributed by atoms with van der Waals surface area (Å²) in [5, 5.41) is 0.667. The van der Waals surface area contributed by atoms with Gasteiger partial charge in [0.25, 0.3) is 0 Å². The number of aromatic nitrogens is 1. The predicted molar refractivity (Wildman–Crippen MR) is 124 cm³/mol. The number of para-hydroxylation sites is 1. The van der Waals surface area contributed by atoms with Crippen LogP contribution in [0, 0.1) is 13.8 Å². The maximum atomic E-state index is 12.6. The van der Waals surface area contributed by atoms with Gasteiger partial charge < -0.3 is 9.47 Å². The average molecular weight is 439 g/mol. The number of pyridine rings is 1. The Bertz CT molecular complexity index is 1340. The van der Waals surface area contributed by atoms with E-state index in [1.165, 1.54) is 24.3 Å². The molecule has 1 aromatic heterocycles. The average Bonchev–Trinajstić information content (AvgIpc) is 2.82. The lowest BCUT2D eigenvalue weighted by atomic mass is 10.1. The smallest absolute Gasteiger partial charge is 0.343 e. The summed E-state index contributed by atoms with van der Waals surface area (Å²) >= 11 is 0. The number of carbonyl (C=O) groups excluding carboxylic acids is 3. The Morgan fingerprint density at radius 1 is 0.788 bits per heavy atom. The van der Waals surface area contributed by atoms with Crippen molar-refractivity contribution in [2.75, 3.05) is 6.61 Å². The highest BCUT2D eigenvalue weighted by Gasteiger charge is 2.16. The maximum absolute atomic E-state index is 12.6. The standard InChI is InChI=1S/C27H21NO5/c1-17-7-9-20(10-8-17)26(30)33-21-13-11-19(12-14-21)25(29)16-32-27(31)23-15-18(2)28-24-6-4-3-5-22(23)24/h3-15H,16H2,1-2H3. The molecule has 3 aromatic carbocycles. The van der Waals surface area contributed by atoms with Gasteiger partial charge in [-0.15, -0.1) is 0 Å². The minimum Gasteiger partial charge on any atom is -0.454 e. The molecule has 0 aliphatic heterocycles. The molecule has 0 unspecified atom stereocenters. The Balaban J connectivity index is 1.39. The van der Waals surface area contributed by atoms with Crippen LogP contribution in [0.4, 0.5) is 0 Å². The van der Waals surface area contributed by atoms with E-state index in [2.05, 4.69) is 4.98 Å². The molecule has 0 bridgehead atoms. The summed E-state index contributed by atoms with van der Waals surface area (Å²) in [4.78, 5) is 41.7. The molecule has 6 nitrogen and oxygen atoms in total. The minimum atomic E-state index is -0.589. The largest absolute Gasteiger partial charge is 0.454 e. The number of rotatable bonds is 6. The number of benzene rings is 3. The van der Waals surface area contributed by atoms with E-state index in [9.17, 15) is 14.4 Å². The molecule has 4 rings (SSSR count). The van der Waals surface area contributed by atoms with Crippen LogP contribution in [0.1, 0.15) is 42.3 Å². The van der Waals surface area contributed by atoms with E-state index >= 15 is 0 Å². The fraction of sp³-hybridized carbons (Fsp3) is 0.111. The summed E-state index contributed by atoms with van der Waals surface area (Å²) in [5.41, 5.74) is 3.56. The molecule has 33 heavy (non-hydrogen) atoms. The zero-order valence-corrected chi connectivity index (χ0v) is 18.2. The van der Waals surface area contributed by atoms with Crippen molar-refractivity contribution in [3.05, 3.63) is 107 Å². The van der Waals surface area contributed by atoms with E-state index in [0.29, 0.717) is 39.0 Å². The van der Waals surface area contributed by atoms with E-state index in [-0.39, 0.29) is 5.78 Å². The number of fused-ring (bicyclic) bond motifs is 1. The molecule has 6 heteroatoms. The summed E-state index contributed by atoms with van der Waals surface area (Å²) < 4.78 is 10.6. The van der Waals surface area contributed by atoms with Gasteiger partial charge in [-0.1, -0.05) is 35.9 Å².